The van der Waals surface area contributed by atoms with Crippen molar-refractivity contribution >= 4 is 25.7 Å². The molecule has 0 bridgehead atoms. The van der Waals surface area contributed by atoms with Crippen LogP contribution < -0.4 is 5.19 Å². The molecule has 0 radical (unpaired) electrons. The van der Waals surface area contributed by atoms with Crippen molar-refractivity contribution in [2.24, 2.45) is 0 Å². The van der Waals surface area contributed by atoms with Gasteiger partial charge in [0, 0.05) is 20.5 Å². The highest BCUT2D eigenvalue weighted by Crippen LogP contribution is 1.94. The van der Waals surface area contributed by atoms with E-state index < -0.39 is 0 Å². The van der Waals surface area contributed by atoms with Crippen molar-refractivity contribution in [1.29, 1.82) is 0 Å². The molecule has 0 aromatic heterocycles. The van der Waals surface area contributed by atoms with E-state index in [1.54, 1.807) is 0 Å². The fourth-order valence-electron chi connectivity index (χ4n) is 1.03. The number of hydrogen-bond acceptors (Lipinski definition) is 0. The zero-order valence-corrected chi connectivity index (χ0v) is 13.2. The van der Waals surface area contributed by atoms with Crippen LogP contribution >= 0.6 is 0 Å². The summed E-state index contributed by atoms with van der Waals surface area (Å²) in [5, 5.41) is 1.46. The van der Waals surface area contributed by atoms with Crippen LogP contribution in [0.5, 0.6) is 0 Å². The van der Waals surface area contributed by atoms with Crippen molar-refractivity contribution in [2.75, 3.05) is 0 Å². The molecule has 0 N–H and O–H groups in total. The van der Waals surface area contributed by atoms with Gasteiger partial charge in [-0.1, -0.05) is 67.7 Å². The van der Waals surface area contributed by atoms with Crippen LogP contribution in [0.4, 0.5) is 0 Å². The fourth-order valence-corrected chi connectivity index (χ4v) is 1.92. The minimum absolute atomic E-state index is 1.17. The third-order valence-electron chi connectivity index (χ3n) is 1.90. The summed E-state index contributed by atoms with van der Waals surface area (Å²) in [6.45, 7) is 2.25. The zero-order valence-electron chi connectivity index (χ0n) is 9.22. The van der Waals surface area contributed by atoms with Gasteiger partial charge in [0.05, 0.1) is 0 Å². The lowest BCUT2D eigenvalue weighted by Crippen LogP contribution is -1.97. The van der Waals surface area contributed by atoms with Crippen molar-refractivity contribution in [3.05, 3.63) is 30.3 Å². The predicted octanol–water partition coefficient (Wildman–Crippen LogP) is 0.638. The maximum atomic E-state index is 2.25. The standard InChI is InChI=1S/C6H8Si.C5H14Si/c7-6-4-2-1-3-5-6;1-2-3-4-5-6/h1-5H,7H3;2-5H2,1,6H3. The molecule has 0 heterocycles. The van der Waals surface area contributed by atoms with Gasteiger partial charge in [-0.15, -0.1) is 0 Å². The highest BCUT2D eigenvalue weighted by molar-refractivity contribution is 6.32. The van der Waals surface area contributed by atoms with E-state index in [2.05, 4.69) is 31.2 Å². The Morgan fingerprint density at radius 2 is 1.69 bits per heavy atom. The Morgan fingerprint density at radius 3 is 1.92 bits per heavy atom. The average molecular weight is 210 g/mol. The molecule has 0 atom stereocenters. The Balaban J connectivity index is 0.000000226. The van der Waals surface area contributed by atoms with Crippen LogP contribution in [0.25, 0.3) is 0 Å². The summed E-state index contributed by atoms with van der Waals surface area (Å²) in [6, 6.07) is 12.0. The fraction of sp³-hybridized carbons (Fsp3) is 0.455. The monoisotopic (exact) mass is 210 g/mol. The molecule has 0 saturated heterocycles. The second kappa shape index (κ2) is 9.74. The summed E-state index contributed by atoms with van der Waals surface area (Å²) in [4.78, 5) is 0. The summed E-state index contributed by atoms with van der Waals surface area (Å²) in [5.74, 6) is 0. The molecular formula is C11H22Si2. The molecule has 1 aromatic carbocycles. The minimum atomic E-state index is 1.17. The first-order chi connectivity index (χ1) is 6.31. The normalized spacial score (nSPS) is 9.31. The van der Waals surface area contributed by atoms with Crippen molar-refractivity contribution in [3.63, 3.8) is 0 Å². The van der Waals surface area contributed by atoms with E-state index in [1.807, 2.05) is 6.07 Å². The molecule has 0 unspecified atom stereocenters. The number of unbranched alkanes of at least 4 members (excludes halogenated alkanes) is 2. The third-order valence-corrected chi connectivity index (χ3v) is 3.27. The highest BCUT2D eigenvalue weighted by Gasteiger charge is 1.75. The molecule has 1 aromatic rings. The van der Waals surface area contributed by atoms with Crippen molar-refractivity contribution in [3.8, 4) is 0 Å². The SMILES string of the molecule is CCCCC[SiH3].[SiH3]c1ccccc1. The summed E-state index contributed by atoms with van der Waals surface area (Å²) >= 11 is 0. The van der Waals surface area contributed by atoms with E-state index in [0.29, 0.717) is 0 Å². The van der Waals surface area contributed by atoms with E-state index >= 15 is 0 Å². The highest BCUT2D eigenvalue weighted by atomic mass is 28.1. The molecule has 0 aliphatic carbocycles. The molecule has 1 rings (SSSR count). The van der Waals surface area contributed by atoms with Gasteiger partial charge in [0.15, 0.2) is 0 Å². The van der Waals surface area contributed by atoms with Crippen LogP contribution in [0.2, 0.25) is 6.04 Å². The first-order valence-electron chi connectivity index (χ1n) is 5.32. The molecule has 74 valence electrons. The van der Waals surface area contributed by atoms with Crippen molar-refractivity contribution in [2.45, 2.75) is 32.2 Å². The van der Waals surface area contributed by atoms with Gasteiger partial charge in [0.2, 0.25) is 0 Å². The van der Waals surface area contributed by atoms with Gasteiger partial charge in [-0.2, -0.15) is 0 Å². The molecule has 0 aliphatic rings. The summed E-state index contributed by atoms with van der Waals surface area (Å²) < 4.78 is 0. The lowest BCUT2D eigenvalue weighted by atomic mass is 10.3. The maximum Gasteiger partial charge on any atom is 0.0384 e. The molecule has 0 nitrogen and oxygen atoms in total. The summed E-state index contributed by atoms with van der Waals surface area (Å²) in [7, 11) is 2.58. The Labute approximate surface area is 88.6 Å². The van der Waals surface area contributed by atoms with Crippen LogP contribution in [0.3, 0.4) is 0 Å². The maximum absolute atomic E-state index is 2.25. The van der Waals surface area contributed by atoms with Crippen LogP contribution in [0, 0.1) is 0 Å². The largest absolute Gasteiger partial charge is 0.0708 e. The van der Waals surface area contributed by atoms with E-state index in [9.17, 15) is 0 Å². The Morgan fingerprint density at radius 1 is 1.08 bits per heavy atom. The van der Waals surface area contributed by atoms with Gasteiger partial charge in [0.1, 0.15) is 0 Å². The van der Waals surface area contributed by atoms with Gasteiger partial charge in [-0.3, -0.25) is 0 Å². The third kappa shape index (κ3) is 9.57. The quantitative estimate of drug-likeness (QED) is 0.507. The molecule has 0 spiro atoms. The smallest absolute Gasteiger partial charge is 0.0384 e. The molecular weight excluding hydrogens is 188 g/mol. The number of rotatable bonds is 3. The Kier molecular flexibility index (Phi) is 9.48. The lowest BCUT2D eigenvalue weighted by molar-refractivity contribution is 0.771. The second-order valence-corrected chi connectivity index (χ2v) is 5.52. The number of benzene rings is 1. The lowest BCUT2D eigenvalue weighted by Gasteiger charge is -1.86. The zero-order chi connectivity index (χ0) is 9.94. The van der Waals surface area contributed by atoms with Crippen LogP contribution in [-0.2, 0) is 0 Å². The van der Waals surface area contributed by atoms with E-state index in [-0.39, 0.29) is 0 Å². The predicted molar refractivity (Wildman–Crippen MR) is 70.3 cm³/mol. The van der Waals surface area contributed by atoms with Gasteiger partial charge >= 0.3 is 0 Å². The van der Waals surface area contributed by atoms with E-state index in [4.69, 9.17) is 0 Å². The first kappa shape index (κ1) is 12.7. The molecule has 13 heavy (non-hydrogen) atoms. The van der Waals surface area contributed by atoms with Gasteiger partial charge in [-0.25, -0.2) is 0 Å². The summed E-state index contributed by atoms with van der Waals surface area (Å²) in [6.07, 6.45) is 4.30. The molecule has 0 aliphatic heterocycles. The Hall–Kier alpha value is -0.346. The molecule has 0 amide bonds. The van der Waals surface area contributed by atoms with Gasteiger partial charge in [0.25, 0.3) is 0 Å². The second-order valence-electron chi connectivity index (χ2n) is 3.36. The van der Waals surface area contributed by atoms with Crippen molar-refractivity contribution < 1.29 is 0 Å². The first-order valence-corrected chi connectivity index (χ1v) is 7.74. The topological polar surface area (TPSA) is 0 Å². The number of hydrogen-bond donors (Lipinski definition) is 0. The van der Waals surface area contributed by atoms with E-state index in [0.717, 1.165) is 0 Å². The minimum Gasteiger partial charge on any atom is -0.0708 e. The van der Waals surface area contributed by atoms with Crippen LogP contribution in [0.15, 0.2) is 30.3 Å². The Bertz CT molecular complexity index is 181. The molecule has 0 fully saturated rings. The van der Waals surface area contributed by atoms with Crippen LogP contribution in [0.1, 0.15) is 26.2 Å². The van der Waals surface area contributed by atoms with Gasteiger partial charge < -0.3 is 0 Å². The van der Waals surface area contributed by atoms with Crippen LogP contribution in [-0.4, -0.2) is 20.5 Å². The van der Waals surface area contributed by atoms with Gasteiger partial charge in [-0.05, 0) is 0 Å². The van der Waals surface area contributed by atoms with E-state index in [1.165, 1.54) is 51.0 Å². The average Bonchev–Trinajstić information content (AvgIpc) is 2.17. The summed E-state index contributed by atoms with van der Waals surface area (Å²) in [5.41, 5.74) is 0. The molecule has 0 saturated carbocycles. The molecule has 2 heteroatoms. The van der Waals surface area contributed by atoms with Crippen molar-refractivity contribution in [1.82, 2.24) is 0 Å².